The minimum absolute atomic E-state index is 0.221. The third-order valence-electron chi connectivity index (χ3n) is 3.87. The normalized spacial score (nSPS) is 9.63. The van der Waals surface area contributed by atoms with Crippen molar-refractivity contribution in [2.24, 2.45) is 0 Å². The van der Waals surface area contributed by atoms with Gasteiger partial charge in [0.1, 0.15) is 5.82 Å². The van der Waals surface area contributed by atoms with Crippen LogP contribution < -0.4 is 0 Å². The quantitative estimate of drug-likeness (QED) is 0.324. The molecule has 0 saturated carbocycles. The van der Waals surface area contributed by atoms with Crippen LogP contribution in [-0.4, -0.2) is 4.57 Å². The van der Waals surface area contributed by atoms with Gasteiger partial charge in [-0.3, -0.25) is 0 Å². The molecule has 0 aliphatic carbocycles. The Labute approximate surface area is 161 Å². The van der Waals surface area contributed by atoms with Gasteiger partial charge in [-0.05, 0) is 48.9 Å². The van der Waals surface area contributed by atoms with Crippen LogP contribution in [0.4, 0.5) is 4.39 Å². The van der Waals surface area contributed by atoms with E-state index in [2.05, 4.69) is 41.5 Å². The van der Waals surface area contributed by atoms with Crippen molar-refractivity contribution in [2.75, 3.05) is 0 Å². The zero-order valence-electron chi connectivity index (χ0n) is 16.2. The monoisotopic (exact) mass is 359 g/mol. The smallest absolute Gasteiger partial charge is 0.123 e. The number of nitrogens with zero attached hydrogens (tertiary/aromatic N) is 1. The molecule has 27 heavy (non-hydrogen) atoms. The highest BCUT2D eigenvalue weighted by molar-refractivity contribution is 5.89. The van der Waals surface area contributed by atoms with Crippen molar-refractivity contribution >= 4 is 10.9 Å². The second kappa shape index (κ2) is 10.1. The van der Waals surface area contributed by atoms with Crippen molar-refractivity contribution < 1.29 is 4.39 Å². The molecule has 0 amide bonds. The number of benzene rings is 3. The number of hydrogen-bond acceptors (Lipinski definition) is 0. The summed E-state index contributed by atoms with van der Waals surface area (Å²) in [6.45, 7) is 9.25. The molecular formula is C25H26FN. The molecule has 1 nitrogen and oxygen atoms in total. The van der Waals surface area contributed by atoms with Crippen LogP contribution in [0.25, 0.3) is 27.8 Å². The third kappa shape index (κ3) is 4.73. The van der Waals surface area contributed by atoms with Gasteiger partial charge in [-0.25, -0.2) is 4.39 Å². The summed E-state index contributed by atoms with van der Waals surface area (Å²) in [6.07, 6.45) is 1.75. The molecule has 0 fully saturated rings. The maximum Gasteiger partial charge on any atom is 0.123 e. The molecule has 4 aromatic rings. The van der Waals surface area contributed by atoms with Gasteiger partial charge in [-0.1, -0.05) is 68.5 Å². The minimum atomic E-state index is -0.221. The second-order valence-corrected chi connectivity index (χ2v) is 5.67. The summed E-state index contributed by atoms with van der Waals surface area (Å²) < 4.78 is 15.4. The fraction of sp³-hybridized carbons (Fsp3) is 0.120. The predicted octanol–water partition coefficient (Wildman–Crippen LogP) is 7.66. The van der Waals surface area contributed by atoms with Crippen molar-refractivity contribution in [2.45, 2.75) is 20.8 Å². The first-order valence-corrected chi connectivity index (χ1v) is 9.23. The highest BCUT2D eigenvalue weighted by Gasteiger charge is 2.11. The molecule has 138 valence electrons. The maximum absolute atomic E-state index is 13.3. The number of rotatable bonds is 2. The minimum Gasteiger partial charge on any atom is -0.309 e. The highest BCUT2D eigenvalue weighted by atomic mass is 19.1. The first-order chi connectivity index (χ1) is 13.2. The van der Waals surface area contributed by atoms with Gasteiger partial charge in [0.25, 0.3) is 0 Å². The van der Waals surface area contributed by atoms with Crippen molar-refractivity contribution in [3.63, 3.8) is 0 Å². The van der Waals surface area contributed by atoms with E-state index in [1.54, 1.807) is 6.08 Å². The average Bonchev–Trinajstić information content (AvgIpc) is 3.11. The van der Waals surface area contributed by atoms with Crippen LogP contribution in [0, 0.1) is 5.82 Å². The van der Waals surface area contributed by atoms with Crippen LogP contribution >= 0.6 is 0 Å². The molecule has 0 aliphatic rings. The van der Waals surface area contributed by atoms with Crippen LogP contribution in [0.5, 0.6) is 0 Å². The Morgan fingerprint density at radius 3 is 2.00 bits per heavy atom. The van der Waals surface area contributed by atoms with E-state index in [1.807, 2.05) is 63.2 Å². The Kier molecular flexibility index (Phi) is 7.57. The van der Waals surface area contributed by atoms with Gasteiger partial charge in [0.2, 0.25) is 0 Å². The summed E-state index contributed by atoms with van der Waals surface area (Å²) in [6, 6.07) is 27.3. The van der Waals surface area contributed by atoms with Crippen molar-refractivity contribution in [1.82, 2.24) is 4.57 Å². The van der Waals surface area contributed by atoms with Gasteiger partial charge in [-0.15, -0.1) is 6.58 Å². The van der Waals surface area contributed by atoms with Crippen LogP contribution in [0.15, 0.2) is 97.6 Å². The summed E-state index contributed by atoms with van der Waals surface area (Å²) in [7, 11) is 0. The zero-order chi connectivity index (χ0) is 19.6. The Morgan fingerprint density at radius 1 is 0.815 bits per heavy atom. The van der Waals surface area contributed by atoms with Crippen LogP contribution in [0.1, 0.15) is 20.8 Å². The lowest BCUT2D eigenvalue weighted by Crippen LogP contribution is -1.96. The Hall–Kier alpha value is -3.13. The second-order valence-electron chi connectivity index (χ2n) is 5.67. The average molecular weight is 359 g/mol. The summed E-state index contributed by atoms with van der Waals surface area (Å²) in [5, 5.41) is 1.17. The maximum atomic E-state index is 13.3. The number of aromatic nitrogens is 1. The number of hydrogen-bond donors (Lipinski definition) is 0. The predicted molar refractivity (Wildman–Crippen MR) is 116 cm³/mol. The molecule has 1 aromatic heterocycles. The molecule has 0 saturated heterocycles. The summed E-state index contributed by atoms with van der Waals surface area (Å²) >= 11 is 0. The summed E-state index contributed by atoms with van der Waals surface area (Å²) in [4.78, 5) is 0. The molecule has 1 heterocycles. The molecule has 0 unspecified atom stereocenters. The Bertz CT molecular complexity index is 966. The molecule has 0 aliphatic heterocycles. The van der Waals surface area contributed by atoms with Crippen LogP contribution in [-0.2, 0) is 0 Å². The standard InChI is InChI=1S/C20H14FN.C3H6.C2H6/c21-17-10-12-18(13-11-17)22-19-9-5-4-8-16(19)14-20(22)15-6-2-1-3-7-15;1-3-2;1-2/h1-14H;3H,1H2,2H3;1-2H3. The van der Waals surface area contributed by atoms with E-state index < -0.39 is 0 Å². The Morgan fingerprint density at radius 2 is 1.37 bits per heavy atom. The molecule has 4 rings (SSSR count). The molecule has 0 radical (unpaired) electrons. The highest BCUT2D eigenvalue weighted by Crippen LogP contribution is 2.31. The fourth-order valence-electron chi connectivity index (χ4n) is 2.84. The molecule has 3 aromatic carbocycles. The van der Waals surface area contributed by atoms with E-state index in [0.29, 0.717) is 0 Å². The third-order valence-corrected chi connectivity index (χ3v) is 3.87. The SMILES string of the molecule is C=CC.CC.Fc1ccc(-n2c(-c3ccccc3)cc3ccccc32)cc1. The molecule has 0 N–H and O–H groups in total. The molecule has 2 heteroatoms. The lowest BCUT2D eigenvalue weighted by molar-refractivity contribution is 0.627. The van der Waals surface area contributed by atoms with E-state index in [9.17, 15) is 4.39 Å². The first kappa shape index (κ1) is 20.2. The Balaban J connectivity index is 0.000000478. The van der Waals surface area contributed by atoms with Gasteiger partial charge in [0.05, 0.1) is 11.2 Å². The van der Waals surface area contributed by atoms with Crippen molar-refractivity contribution in [3.05, 3.63) is 103 Å². The van der Waals surface area contributed by atoms with Crippen molar-refractivity contribution in [1.29, 1.82) is 0 Å². The number of fused-ring (bicyclic) bond motifs is 1. The number of halogens is 1. The lowest BCUT2D eigenvalue weighted by Gasteiger charge is -2.11. The topological polar surface area (TPSA) is 4.93 Å². The lowest BCUT2D eigenvalue weighted by atomic mass is 10.1. The van der Waals surface area contributed by atoms with Gasteiger partial charge in [-0.2, -0.15) is 0 Å². The van der Waals surface area contributed by atoms with E-state index in [4.69, 9.17) is 0 Å². The summed E-state index contributed by atoms with van der Waals surface area (Å²) in [5.74, 6) is -0.221. The van der Waals surface area contributed by atoms with E-state index >= 15 is 0 Å². The van der Waals surface area contributed by atoms with Crippen LogP contribution in [0.3, 0.4) is 0 Å². The molecule has 0 bridgehead atoms. The van der Waals surface area contributed by atoms with Gasteiger partial charge >= 0.3 is 0 Å². The van der Waals surface area contributed by atoms with Gasteiger partial charge < -0.3 is 4.57 Å². The zero-order valence-corrected chi connectivity index (χ0v) is 16.2. The molecule has 0 spiro atoms. The molecule has 0 atom stereocenters. The summed E-state index contributed by atoms with van der Waals surface area (Å²) in [5.41, 5.74) is 4.32. The van der Waals surface area contributed by atoms with Crippen molar-refractivity contribution in [3.8, 4) is 16.9 Å². The van der Waals surface area contributed by atoms with E-state index in [0.717, 1.165) is 22.5 Å². The fourth-order valence-corrected chi connectivity index (χ4v) is 2.84. The van der Waals surface area contributed by atoms with Gasteiger partial charge in [0.15, 0.2) is 0 Å². The first-order valence-electron chi connectivity index (χ1n) is 9.23. The van der Waals surface area contributed by atoms with E-state index in [-0.39, 0.29) is 5.82 Å². The van der Waals surface area contributed by atoms with Gasteiger partial charge in [0, 0.05) is 11.1 Å². The van der Waals surface area contributed by atoms with Crippen LogP contribution in [0.2, 0.25) is 0 Å². The number of para-hydroxylation sites is 1. The largest absolute Gasteiger partial charge is 0.309 e. The molecular weight excluding hydrogens is 333 g/mol. The van der Waals surface area contributed by atoms with E-state index in [1.165, 1.54) is 17.5 Å². The number of allylic oxidation sites excluding steroid dienone is 1.